The predicted octanol–water partition coefficient (Wildman–Crippen LogP) is 6.75. The van der Waals surface area contributed by atoms with Gasteiger partial charge in [-0.15, -0.1) is 0 Å². The average Bonchev–Trinajstić information content (AvgIpc) is 3.99. The molecule has 61 heavy (non-hydrogen) atoms. The van der Waals surface area contributed by atoms with Crippen LogP contribution < -0.4 is 34.1 Å². The highest BCUT2D eigenvalue weighted by Gasteiger charge is 2.58. The average molecular weight is 827 g/mol. The van der Waals surface area contributed by atoms with Crippen LogP contribution in [-0.4, -0.2) is 119 Å². The van der Waals surface area contributed by atoms with Crippen LogP contribution in [0.25, 0.3) is 33.2 Å². The number of likely N-dealkylation sites (tertiary alicyclic amines) is 1. The van der Waals surface area contributed by atoms with Gasteiger partial charge in [-0.25, -0.2) is 9.97 Å². The molecule has 16 heteroatoms. The second-order valence-corrected chi connectivity index (χ2v) is 15.0. The third-order valence-electron chi connectivity index (χ3n) is 11.5. The fourth-order valence-corrected chi connectivity index (χ4v) is 8.56. The van der Waals surface area contributed by atoms with E-state index in [0.717, 1.165) is 27.8 Å². The molecule has 2 spiro atoms. The van der Waals surface area contributed by atoms with Crippen molar-refractivity contribution in [1.29, 1.82) is 10.8 Å². The van der Waals surface area contributed by atoms with Crippen LogP contribution in [0.4, 0.5) is 11.4 Å². The number of H-pyrrole nitrogens is 2. The number of ether oxygens (including phenoxy) is 4. The minimum Gasteiger partial charge on any atom is -0.509 e. The summed E-state index contributed by atoms with van der Waals surface area (Å²) in [4.78, 5) is 21.5. The number of benzene rings is 4. The summed E-state index contributed by atoms with van der Waals surface area (Å²) < 4.78 is 21.7. The molecule has 2 aromatic heterocycles. The van der Waals surface area contributed by atoms with Crippen molar-refractivity contribution < 1.29 is 29.2 Å². The first kappa shape index (κ1) is 40.7. The molecule has 0 atom stereocenters. The summed E-state index contributed by atoms with van der Waals surface area (Å²) in [6.07, 6.45) is 0. The number of hydrogen-bond acceptors (Lipinski definition) is 12. The highest BCUT2D eigenvalue weighted by molar-refractivity contribution is 6.32. The highest BCUT2D eigenvalue weighted by Crippen LogP contribution is 2.48. The van der Waals surface area contributed by atoms with E-state index in [1.807, 2.05) is 103 Å². The number of nitrogens with zero attached hydrogens (tertiary/aromatic N) is 5. The predicted molar refractivity (Wildman–Crippen MR) is 238 cm³/mol. The van der Waals surface area contributed by atoms with Gasteiger partial charge in [-0.2, -0.15) is 0 Å². The van der Waals surface area contributed by atoms with Gasteiger partial charge in [-0.05, 0) is 31.3 Å². The second kappa shape index (κ2) is 15.9. The van der Waals surface area contributed by atoms with E-state index in [9.17, 15) is 10.2 Å². The summed E-state index contributed by atoms with van der Waals surface area (Å²) in [6.45, 7) is 6.21. The molecule has 6 aromatic rings. The van der Waals surface area contributed by atoms with Crippen molar-refractivity contribution >= 4 is 56.3 Å². The van der Waals surface area contributed by atoms with Crippen LogP contribution in [0.2, 0.25) is 0 Å². The highest BCUT2D eigenvalue weighted by atomic mass is 16.5. The third kappa shape index (κ3) is 6.55. The number of likely N-dealkylation sites (N-methyl/N-ethyl adjacent to an activating group) is 1. The smallest absolute Gasteiger partial charge is 0.145 e. The Bertz CT molecular complexity index is 2620. The molecule has 4 aromatic carbocycles. The summed E-state index contributed by atoms with van der Waals surface area (Å²) in [5, 5.41) is 43.7. The van der Waals surface area contributed by atoms with Crippen molar-refractivity contribution in [2.24, 2.45) is 0 Å². The number of hydrogen-bond donors (Lipinski definition) is 7. The lowest BCUT2D eigenvalue weighted by Crippen LogP contribution is -2.69. The Labute approximate surface area is 353 Å². The first-order valence-electron chi connectivity index (χ1n) is 20.0. The van der Waals surface area contributed by atoms with Gasteiger partial charge in [0, 0.05) is 62.6 Å². The van der Waals surface area contributed by atoms with Gasteiger partial charge < -0.3 is 59.1 Å². The Hall–Kier alpha value is -7.04. The minimum absolute atomic E-state index is 0.141. The number of aliphatic hydroxyl groups excluding tert-OH is 2. The van der Waals surface area contributed by atoms with Crippen molar-refractivity contribution in [3.63, 3.8) is 0 Å². The summed E-state index contributed by atoms with van der Waals surface area (Å²) in [5.74, 6) is 4.12. The van der Waals surface area contributed by atoms with E-state index < -0.39 is 11.1 Å². The van der Waals surface area contributed by atoms with Gasteiger partial charge in [0.25, 0.3) is 0 Å². The zero-order valence-electron chi connectivity index (χ0n) is 35.2. The monoisotopic (exact) mass is 826 g/mol. The number of fused-ring (bicyclic) bond motifs is 2. The first-order chi connectivity index (χ1) is 29.5. The number of aromatic nitrogens is 4. The fraction of sp³-hybridized carbons (Fsp3) is 0.289. The maximum atomic E-state index is 11.4. The lowest BCUT2D eigenvalue weighted by molar-refractivity contribution is 0.0975. The first-order valence-corrected chi connectivity index (χ1v) is 20.0. The molecule has 7 N–H and O–H groups in total. The van der Waals surface area contributed by atoms with Crippen LogP contribution >= 0.6 is 0 Å². The van der Waals surface area contributed by atoms with Crippen molar-refractivity contribution in [3.05, 3.63) is 108 Å². The summed E-state index contributed by atoms with van der Waals surface area (Å²) in [7, 11) is 8.35. The molecule has 2 fully saturated rings. The molecule has 2 saturated heterocycles. The van der Waals surface area contributed by atoms with Crippen LogP contribution in [0.3, 0.4) is 0 Å². The quantitative estimate of drug-likeness (QED) is 0.0852. The normalized spacial score (nSPS) is 17.6. The Morgan fingerprint density at radius 2 is 0.967 bits per heavy atom. The molecule has 6 heterocycles. The number of amidine groups is 2. The molecule has 10 rings (SSSR count). The molecule has 16 nitrogen and oxygen atoms in total. The molecule has 0 aliphatic carbocycles. The Morgan fingerprint density at radius 3 is 1.31 bits per heavy atom. The number of methoxy groups -OCH3 is 4. The largest absolute Gasteiger partial charge is 0.509 e. The number of aromatic amines is 2. The van der Waals surface area contributed by atoms with Crippen molar-refractivity contribution in [1.82, 2.24) is 30.2 Å². The van der Waals surface area contributed by atoms with Crippen LogP contribution in [0, 0.1) is 10.8 Å². The molecule has 4 aliphatic heterocycles. The number of para-hydroxylation sites is 4. The standard InChI is InChI=1S/C22H23N5O3.C21H21N5O3.C2H6/c1-26-11-22(12-26)19(28)18(21-24-16-6-4-5-7-17(16)25-21)20(23)27(22)13-8-14(29-2)10-15(9-13)30-3;1-28-13-7-12(8-14(9-13)29-2)26-19(22)17(18(27)21(26)10-23-11-21)20-24-15-5-3-4-6-16(15)25-20;1-2/h4-10,23,28H,11-12H2,1-3H3,(H,24,25);3-9,22-23,27H,10-11H2,1-2H3,(H,24,25);1-2H3. The van der Waals surface area contributed by atoms with Crippen molar-refractivity contribution in [2.45, 2.75) is 24.9 Å². The number of rotatable bonds is 8. The summed E-state index contributed by atoms with van der Waals surface area (Å²) in [6, 6.07) is 26.3. The Kier molecular flexibility index (Phi) is 10.6. The van der Waals surface area contributed by atoms with Gasteiger partial charge >= 0.3 is 0 Å². The zero-order valence-corrected chi connectivity index (χ0v) is 35.2. The Morgan fingerprint density at radius 1 is 0.590 bits per heavy atom. The molecule has 0 radical (unpaired) electrons. The molecule has 0 saturated carbocycles. The van der Waals surface area contributed by atoms with E-state index >= 15 is 0 Å². The summed E-state index contributed by atoms with van der Waals surface area (Å²) >= 11 is 0. The number of nitrogens with one attached hydrogen (secondary N) is 5. The van der Waals surface area contributed by atoms with Gasteiger partial charge in [0.15, 0.2) is 0 Å². The van der Waals surface area contributed by atoms with Crippen molar-refractivity contribution in [2.75, 3.05) is 71.5 Å². The van der Waals surface area contributed by atoms with Gasteiger partial charge in [-0.1, -0.05) is 38.1 Å². The number of aliphatic hydroxyl groups is 2. The zero-order chi connectivity index (χ0) is 43.2. The number of imidazole rings is 2. The van der Waals surface area contributed by atoms with E-state index in [1.54, 1.807) is 40.6 Å². The molecular formula is C45H50N10O6. The van der Waals surface area contributed by atoms with Gasteiger partial charge in [0.05, 0.1) is 73.0 Å². The minimum atomic E-state index is -0.733. The summed E-state index contributed by atoms with van der Waals surface area (Å²) in [5.41, 5.74) is 4.11. The van der Waals surface area contributed by atoms with E-state index in [-0.39, 0.29) is 23.2 Å². The Balaban J connectivity index is 0.000000162. The van der Waals surface area contributed by atoms with Gasteiger partial charge in [0.2, 0.25) is 0 Å². The van der Waals surface area contributed by atoms with E-state index in [0.29, 0.717) is 77.7 Å². The SMILES string of the molecule is CC.COc1cc(OC)cc(N2C(=N)C(c3nc4ccccc4[nH]3)=C(O)C23CN(C)C3)c1.COc1cc(OC)cc(N2C(=N)C(c3nc4ccccc4[nH]3)=C(O)C23CNC3)c1. The number of anilines is 2. The molecule has 0 unspecified atom stereocenters. The molecule has 4 aliphatic rings. The lowest BCUT2D eigenvalue weighted by atomic mass is 9.87. The second-order valence-electron chi connectivity index (χ2n) is 15.0. The van der Waals surface area contributed by atoms with Crippen LogP contribution in [-0.2, 0) is 0 Å². The third-order valence-corrected chi connectivity index (χ3v) is 11.5. The van der Waals surface area contributed by atoms with E-state index in [2.05, 4.69) is 30.2 Å². The maximum Gasteiger partial charge on any atom is 0.145 e. The van der Waals surface area contributed by atoms with Gasteiger partial charge in [-0.3, -0.25) is 10.8 Å². The molecule has 0 amide bonds. The molecule has 0 bridgehead atoms. The molecular weight excluding hydrogens is 777 g/mol. The van der Waals surface area contributed by atoms with Crippen LogP contribution in [0.1, 0.15) is 25.5 Å². The topological polar surface area (TPSA) is 204 Å². The van der Waals surface area contributed by atoms with Gasteiger partial charge in [0.1, 0.15) is 68.9 Å². The fourth-order valence-electron chi connectivity index (χ4n) is 8.56. The van der Waals surface area contributed by atoms with E-state index in [4.69, 9.17) is 29.8 Å². The van der Waals surface area contributed by atoms with Crippen LogP contribution in [0.5, 0.6) is 23.0 Å². The maximum absolute atomic E-state index is 11.4. The molecule has 316 valence electrons. The van der Waals surface area contributed by atoms with Crippen molar-refractivity contribution in [3.8, 4) is 23.0 Å². The van der Waals surface area contributed by atoms with Crippen LogP contribution in [0.15, 0.2) is 96.4 Å². The lowest BCUT2D eigenvalue weighted by Gasteiger charge is -2.51. The van der Waals surface area contributed by atoms with E-state index in [1.165, 1.54) is 0 Å².